The van der Waals surface area contributed by atoms with E-state index in [1.807, 2.05) is 51.1 Å². The third-order valence-corrected chi connectivity index (χ3v) is 14.4. The average molecular weight is 1300 g/mol. The van der Waals surface area contributed by atoms with Gasteiger partial charge in [-0.15, -0.1) is 0 Å². The summed E-state index contributed by atoms with van der Waals surface area (Å²) >= 11 is 11.2. The molecule has 2 aromatic carbocycles. The summed E-state index contributed by atoms with van der Waals surface area (Å²) in [5, 5.41) is 38.4. The molecule has 0 saturated carbocycles. The Hall–Kier alpha value is -7.52. The molecule has 0 bridgehead atoms. The van der Waals surface area contributed by atoms with Gasteiger partial charge in [0.15, 0.2) is 16.8 Å². The van der Waals surface area contributed by atoms with Crippen molar-refractivity contribution in [1.29, 1.82) is 0 Å². The first-order valence-electron chi connectivity index (χ1n) is 29.6. The number of benzene rings is 2. The van der Waals surface area contributed by atoms with E-state index in [2.05, 4.69) is 81.6 Å². The van der Waals surface area contributed by atoms with Crippen molar-refractivity contribution < 1.29 is 47.4 Å². The fraction of sp³-hybridized carbons (Fsp3) is 0.476. The summed E-state index contributed by atoms with van der Waals surface area (Å²) in [6, 6.07) is 14.9. The number of aromatic nitrogens is 9. The van der Waals surface area contributed by atoms with Crippen LogP contribution in [0.25, 0.3) is 33.1 Å². The molecule has 0 aliphatic carbocycles. The van der Waals surface area contributed by atoms with Gasteiger partial charge in [-0.1, -0.05) is 96.2 Å². The predicted molar refractivity (Wildman–Crippen MR) is 351 cm³/mol. The lowest BCUT2D eigenvalue weighted by Crippen LogP contribution is -2.39. The van der Waals surface area contributed by atoms with Gasteiger partial charge >= 0.3 is 0 Å². The summed E-state index contributed by atoms with van der Waals surface area (Å²) in [5.74, 6) is 2.66. The van der Waals surface area contributed by atoms with Crippen molar-refractivity contribution in [3.05, 3.63) is 112 Å². The zero-order valence-corrected chi connectivity index (χ0v) is 54.6. The van der Waals surface area contributed by atoms with Crippen LogP contribution in [0.5, 0.6) is 23.0 Å². The number of ether oxygens (including phenoxy) is 4. The number of fused-ring (bicyclic) bond motifs is 3. The predicted octanol–water partition coefficient (Wildman–Crippen LogP) is 11.9. The fourth-order valence-corrected chi connectivity index (χ4v) is 9.15. The van der Waals surface area contributed by atoms with Crippen LogP contribution in [0.2, 0.25) is 10.4 Å². The Labute approximate surface area is 534 Å². The maximum Gasteiger partial charge on any atom is 0.225 e. The Morgan fingerprint density at radius 1 is 0.533 bits per heavy atom. The van der Waals surface area contributed by atoms with Crippen LogP contribution in [0.3, 0.4) is 0 Å². The van der Waals surface area contributed by atoms with Gasteiger partial charge in [-0.25, -0.2) is 48.1 Å². The van der Waals surface area contributed by atoms with Gasteiger partial charge < -0.3 is 67.4 Å². The third kappa shape index (κ3) is 24.0. The Balaban J connectivity index is 0.000000260. The first-order valence-corrected chi connectivity index (χ1v) is 30.3. The molecule has 0 radical (unpaired) electrons. The molecule has 0 fully saturated rings. The number of aliphatic hydroxyl groups is 3. The van der Waals surface area contributed by atoms with Gasteiger partial charge in [-0.3, -0.25) is 0 Å². The van der Waals surface area contributed by atoms with Crippen LogP contribution in [-0.2, 0) is 13.1 Å². The zero-order valence-electron chi connectivity index (χ0n) is 53.1. The van der Waals surface area contributed by atoms with E-state index < -0.39 is 28.5 Å². The minimum atomic E-state index is -0.594. The summed E-state index contributed by atoms with van der Waals surface area (Å²) in [6.07, 6.45) is 15.6. The van der Waals surface area contributed by atoms with E-state index >= 15 is 0 Å². The lowest BCUT2D eigenvalue weighted by atomic mass is 9.95. The highest BCUT2D eigenvalue weighted by Gasteiger charge is 2.27. The third-order valence-electron chi connectivity index (χ3n) is 14.0. The summed E-state index contributed by atoms with van der Waals surface area (Å²) in [6.45, 7) is 13.0. The van der Waals surface area contributed by atoms with Crippen molar-refractivity contribution in [3.8, 4) is 23.0 Å². The van der Waals surface area contributed by atoms with Gasteiger partial charge in [0.05, 0.1) is 94.5 Å². The molecule has 0 aliphatic heterocycles. The van der Waals surface area contributed by atoms with Crippen molar-refractivity contribution in [3.63, 3.8) is 0 Å². The van der Waals surface area contributed by atoms with Crippen LogP contribution >= 0.6 is 23.2 Å². The normalized spacial score (nSPS) is 12.8. The van der Waals surface area contributed by atoms with Crippen molar-refractivity contribution in [2.24, 2.45) is 11.5 Å². The van der Waals surface area contributed by atoms with Crippen molar-refractivity contribution >= 4 is 79.8 Å². The number of anilines is 4. The van der Waals surface area contributed by atoms with Gasteiger partial charge in [-0.05, 0) is 69.8 Å². The van der Waals surface area contributed by atoms with Crippen molar-refractivity contribution in [2.45, 2.75) is 148 Å². The number of nitrogens with zero attached hydrogens (tertiary/aromatic N) is 9. The molecule has 22 nitrogen and oxygen atoms in total. The summed E-state index contributed by atoms with van der Waals surface area (Å²) in [7, 11) is 6.43. The minimum Gasteiger partial charge on any atom is -0.497 e. The highest BCUT2D eigenvalue weighted by Crippen LogP contribution is 2.30. The number of rotatable bonds is 27. The lowest BCUT2D eigenvalue weighted by molar-refractivity contribution is 0.197. The second-order valence-electron chi connectivity index (χ2n) is 22.0. The van der Waals surface area contributed by atoms with E-state index in [9.17, 15) is 23.4 Å². The number of nitrogen functional groups attached to an aromatic ring is 1. The quantitative estimate of drug-likeness (QED) is 0.0131. The molecule has 90 heavy (non-hydrogen) atoms. The number of aliphatic hydroxyl groups excluding tert-OH is 3. The van der Waals surface area contributed by atoms with Crippen LogP contribution in [0.1, 0.15) is 130 Å². The number of pyridine rings is 3. The maximum absolute atomic E-state index is 13.9. The molecule has 6 aromatic heterocycles. The number of halogens is 5. The molecule has 6 heterocycles. The summed E-state index contributed by atoms with van der Waals surface area (Å²) in [5.41, 5.74) is 19.5. The van der Waals surface area contributed by atoms with Crippen LogP contribution in [0.4, 0.5) is 36.7 Å². The second kappa shape index (κ2) is 37.6. The molecule has 0 saturated heterocycles. The zero-order chi connectivity index (χ0) is 66.4. The Morgan fingerprint density at radius 2 is 0.978 bits per heavy atom. The number of nitrogens with one attached hydrogen (secondary N) is 3. The highest BCUT2D eigenvalue weighted by molar-refractivity contribution is 6.35. The van der Waals surface area contributed by atoms with Gasteiger partial charge in [-0.2, -0.15) is 9.97 Å². The van der Waals surface area contributed by atoms with Crippen LogP contribution in [-0.4, -0.2) is 125 Å². The van der Waals surface area contributed by atoms with E-state index in [1.54, 1.807) is 34.5 Å². The molecule has 8 rings (SSSR count). The number of hydrogen-bond donors (Lipinski definition) is 9. The standard InChI is InChI=1S/C24H32FN5O3.C15H22FN5O.C9H13NO2.C8H19NO.C7H2Cl2FN3/c1-5-6-7-10-24(2,15-31)30-22-21-19(11-17(25)14-26-21)28-23(29-22)27-13-16-8-9-18(32-3)12-20(16)33-4;1-3-4-5-6-15(2,9-22)21-13-12-11(19-14(17)20-13)7-10(16)8-18-12;1-11-8-4-3-7(6-10)9(5-8)12-2;1-3-4-5-6-8(2,9)7-10;8-6-5-4(12-7(9)13-6)1-3(10)2-11-5/h8-9,11-12,14,31H,5-7,10,13,15H2,1-4H3,(H2,27,28,29,30);7-8,22H,3-6,9H2,1-2H3,(H3,17,19,20,21);3-5H,6,10H2,1-2H3;10H,3-7,9H2,1-2H3;1-2H/t24-;15-;;8-;/m11.1./s1. The Kier molecular flexibility index (Phi) is 31.3. The topological polar surface area (TPSA) is 328 Å². The van der Waals surface area contributed by atoms with Gasteiger partial charge in [0.25, 0.3) is 0 Å². The molecule has 27 heteroatoms. The van der Waals surface area contributed by atoms with Gasteiger partial charge in [0, 0.05) is 60.1 Å². The van der Waals surface area contributed by atoms with E-state index in [1.165, 1.54) is 31.0 Å². The molecule has 492 valence electrons. The fourth-order valence-electron chi connectivity index (χ4n) is 8.71. The molecule has 0 unspecified atom stereocenters. The Morgan fingerprint density at radius 3 is 1.43 bits per heavy atom. The largest absolute Gasteiger partial charge is 0.497 e. The van der Waals surface area contributed by atoms with E-state index in [-0.39, 0.29) is 41.7 Å². The van der Waals surface area contributed by atoms with Gasteiger partial charge in [0.2, 0.25) is 17.2 Å². The second-order valence-corrected chi connectivity index (χ2v) is 22.7. The highest BCUT2D eigenvalue weighted by atomic mass is 35.5. The number of unbranched alkanes of at least 4 members (excludes halogenated alkanes) is 6. The molecule has 12 N–H and O–H groups in total. The molecular formula is C63H88Cl2F3N15O7. The SMILES string of the molecule is CCCCC[C@@](C)(N)CO.CCCCC[C@](C)(CO)Nc1nc(N)nc2cc(F)cnc12.CCCCC[C@](C)(CO)Nc1nc(NCc2ccc(OC)cc2OC)nc2cc(F)cnc12.COc1ccc(CN)c(OC)c1.Fc1cnc2c(Cl)nc(Cl)nc2c1. The molecule has 8 aromatic rings. The van der Waals surface area contributed by atoms with E-state index in [0.29, 0.717) is 75.3 Å². The Bertz CT molecular complexity index is 3490. The molecular weight excluding hydrogens is 1210 g/mol. The van der Waals surface area contributed by atoms with Crippen molar-refractivity contribution in [1.82, 2.24) is 44.9 Å². The minimum absolute atomic E-state index is 0.0232. The summed E-state index contributed by atoms with van der Waals surface area (Å²) in [4.78, 5) is 36.6. The number of methoxy groups -OCH3 is 4. The van der Waals surface area contributed by atoms with Crippen molar-refractivity contribution in [2.75, 3.05) is 69.9 Å². The van der Waals surface area contributed by atoms with Crippen LogP contribution in [0, 0.1) is 17.5 Å². The number of nitrogens with two attached hydrogens (primary N) is 3. The maximum atomic E-state index is 13.9. The van der Waals surface area contributed by atoms with Crippen LogP contribution in [0.15, 0.2) is 73.2 Å². The van der Waals surface area contributed by atoms with E-state index in [4.69, 9.17) is 64.5 Å². The monoisotopic (exact) mass is 1290 g/mol. The lowest BCUT2D eigenvalue weighted by Gasteiger charge is -2.30. The van der Waals surface area contributed by atoms with Gasteiger partial charge in [0.1, 0.15) is 57.0 Å². The first kappa shape index (κ1) is 74.9. The molecule has 0 spiro atoms. The number of hydrogen-bond acceptors (Lipinski definition) is 22. The first-order chi connectivity index (χ1) is 43.0. The molecule has 0 aliphatic rings. The van der Waals surface area contributed by atoms with E-state index in [0.717, 1.165) is 105 Å². The molecule has 3 atom stereocenters. The summed E-state index contributed by atoms with van der Waals surface area (Å²) < 4.78 is 60.7. The average Bonchev–Trinajstić information content (AvgIpc) is 3.08. The smallest absolute Gasteiger partial charge is 0.225 e. The molecule has 0 amide bonds. The van der Waals surface area contributed by atoms with Crippen LogP contribution < -0.4 is 52.1 Å².